The molecule has 0 aromatic heterocycles. The van der Waals surface area contributed by atoms with Crippen LogP contribution in [0.15, 0.2) is 54.6 Å². The van der Waals surface area contributed by atoms with Gasteiger partial charge in [0, 0.05) is 16.6 Å². The van der Waals surface area contributed by atoms with Gasteiger partial charge in [0.15, 0.2) is 0 Å². The average Bonchev–Trinajstić information content (AvgIpc) is 3.20. The molecule has 1 amide bonds. The van der Waals surface area contributed by atoms with Gasteiger partial charge in [-0.2, -0.15) is 5.26 Å². The summed E-state index contributed by atoms with van der Waals surface area (Å²) < 4.78 is 0. The number of carbonyl (C=O) groups is 1. The van der Waals surface area contributed by atoms with Crippen LogP contribution in [-0.2, 0) is 0 Å². The Hall–Kier alpha value is -2.31. The molecule has 0 radical (unpaired) electrons. The fourth-order valence-corrected chi connectivity index (χ4v) is 5.36. The fraction of sp³-hybridized carbons (Fsp3) is 0.417. The molecule has 2 aliphatic carbocycles. The van der Waals surface area contributed by atoms with Crippen LogP contribution in [0.3, 0.4) is 0 Å². The molecule has 0 heterocycles. The number of halogens is 1. The number of fused-ring (bicyclic) bond motifs is 1. The van der Waals surface area contributed by atoms with Gasteiger partial charge in [0.05, 0.1) is 12.0 Å². The Morgan fingerprint density at radius 3 is 2.36 bits per heavy atom. The van der Waals surface area contributed by atoms with Crippen molar-refractivity contribution in [1.29, 1.82) is 5.26 Å². The van der Waals surface area contributed by atoms with Gasteiger partial charge in [-0.3, -0.25) is 4.79 Å². The predicted molar refractivity (Wildman–Crippen MR) is 111 cm³/mol. The van der Waals surface area contributed by atoms with E-state index < -0.39 is 0 Å². The first-order chi connectivity index (χ1) is 13.6. The van der Waals surface area contributed by atoms with Crippen molar-refractivity contribution < 1.29 is 4.79 Å². The zero-order valence-corrected chi connectivity index (χ0v) is 16.8. The smallest absolute Gasteiger partial charge is 0.251 e. The highest BCUT2D eigenvalue weighted by Crippen LogP contribution is 2.63. The van der Waals surface area contributed by atoms with Crippen LogP contribution in [0.2, 0.25) is 5.02 Å². The summed E-state index contributed by atoms with van der Waals surface area (Å²) in [6, 6.07) is 19.9. The number of benzene rings is 2. The van der Waals surface area contributed by atoms with Crippen molar-refractivity contribution in [3.8, 4) is 6.07 Å². The normalized spacial score (nSPS) is 27.3. The largest absolute Gasteiger partial charge is 0.349 e. The molecular formula is C24H25ClN2O. The maximum Gasteiger partial charge on any atom is 0.251 e. The van der Waals surface area contributed by atoms with Crippen molar-refractivity contribution >= 4 is 17.5 Å². The highest BCUT2D eigenvalue weighted by molar-refractivity contribution is 6.30. The average molecular weight is 393 g/mol. The minimum atomic E-state index is -0.0239. The summed E-state index contributed by atoms with van der Waals surface area (Å²) >= 11 is 5.92. The van der Waals surface area contributed by atoms with Crippen LogP contribution in [-0.4, -0.2) is 11.9 Å². The summed E-state index contributed by atoms with van der Waals surface area (Å²) in [5.41, 5.74) is 1.79. The minimum Gasteiger partial charge on any atom is -0.349 e. The first kappa shape index (κ1) is 19.0. The molecule has 2 saturated carbocycles. The molecule has 28 heavy (non-hydrogen) atoms. The van der Waals surface area contributed by atoms with Gasteiger partial charge in [0.25, 0.3) is 5.91 Å². The van der Waals surface area contributed by atoms with Crippen molar-refractivity contribution in [3.05, 3.63) is 70.7 Å². The summed E-state index contributed by atoms with van der Waals surface area (Å²) in [7, 11) is 0. The highest BCUT2D eigenvalue weighted by Gasteiger charge is 2.59. The molecule has 6 atom stereocenters. The Morgan fingerprint density at radius 1 is 1.14 bits per heavy atom. The lowest BCUT2D eigenvalue weighted by atomic mass is 9.82. The quantitative estimate of drug-likeness (QED) is 0.712. The molecule has 2 aliphatic rings. The van der Waals surface area contributed by atoms with E-state index in [9.17, 15) is 10.1 Å². The lowest BCUT2D eigenvalue weighted by Crippen LogP contribution is -2.37. The van der Waals surface area contributed by atoms with Crippen molar-refractivity contribution in [1.82, 2.24) is 5.32 Å². The van der Waals surface area contributed by atoms with E-state index in [0.717, 1.165) is 24.8 Å². The zero-order valence-electron chi connectivity index (χ0n) is 16.0. The molecular weight excluding hydrogens is 368 g/mol. The summed E-state index contributed by atoms with van der Waals surface area (Å²) in [5, 5.41) is 13.6. The highest BCUT2D eigenvalue weighted by atomic mass is 35.5. The third-order valence-corrected chi connectivity index (χ3v) is 6.90. The molecule has 0 aliphatic heterocycles. The van der Waals surface area contributed by atoms with E-state index in [0.29, 0.717) is 34.3 Å². The number of nitrogens with one attached hydrogen (secondary N) is 1. The maximum absolute atomic E-state index is 12.6. The summed E-state index contributed by atoms with van der Waals surface area (Å²) in [5.74, 6) is 2.22. The van der Waals surface area contributed by atoms with E-state index in [1.165, 1.54) is 0 Å². The predicted octanol–water partition coefficient (Wildman–Crippen LogP) is 5.43. The Kier molecular flexibility index (Phi) is 5.42. The number of amides is 1. The topological polar surface area (TPSA) is 52.9 Å². The lowest BCUT2D eigenvalue weighted by Gasteiger charge is -2.24. The Bertz CT molecular complexity index is 862. The van der Waals surface area contributed by atoms with Crippen molar-refractivity contribution in [2.24, 2.45) is 23.7 Å². The molecule has 2 aromatic rings. The molecule has 4 rings (SSSR count). The Labute approximate surface area is 171 Å². The molecule has 2 unspecified atom stereocenters. The third-order valence-electron chi connectivity index (χ3n) is 6.64. The Balaban J connectivity index is 1.37. The maximum atomic E-state index is 12.6. The molecule has 4 heteroatoms. The molecule has 2 aromatic carbocycles. The van der Waals surface area contributed by atoms with Gasteiger partial charge in [-0.15, -0.1) is 0 Å². The second-order valence-electron chi connectivity index (χ2n) is 8.15. The first-order valence-corrected chi connectivity index (χ1v) is 10.5. The molecule has 0 bridgehead atoms. The SMILES string of the molecule is CCC(NC(=O)c1ccc(Cl)cc1)[C@H]1[C@@H]2C[C@@H](C(C#N)c3ccccc3)C[C@@H]21. The lowest BCUT2D eigenvalue weighted by molar-refractivity contribution is 0.0926. The molecule has 3 nitrogen and oxygen atoms in total. The second kappa shape index (κ2) is 7.97. The third kappa shape index (κ3) is 3.66. The number of nitrogens with zero attached hydrogens (tertiary/aromatic N) is 1. The zero-order chi connectivity index (χ0) is 19.7. The molecule has 0 spiro atoms. The van der Waals surface area contributed by atoms with E-state index >= 15 is 0 Å². The van der Waals surface area contributed by atoms with Gasteiger partial charge in [0.1, 0.15) is 0 Å². The monoisotopic (exact) mass is 392 g/mol. The number of hydrogen-bond acceptors (Lipinski definition) is 2. The molecule has 1 N–H and O–H groups in total. The second-order valence-corrected chi connectivity index (χ2v) is 8.59. The number of carbonyl (C=O) groups excluding carboxylic acids is 1. The number of nitriles is 1. The standard InChI is InChI=1S/C24H25ClN2O/c1-2-22(27-24(28)16-8-10-18(25)11-9-16)23-19-12-17(13-20(19)23)21(14-26)15-6-4-3-5-7-15/h3-11,17,19-23H,2,12-13H2,1H3,(H,27,28)/t17-,19-,20+,21?,22?,23+. The van der Waals surface area contributed by atoms with Gasteiger partial charge in [-0.1, -0.05) is 48.9 Å². The molecule has 2 fully saturated rings. The molecule has 0 saturated heterocycles. The van der Waals surface area contributed by atoms with Crippen molar-refractivity contribution in [3.63, 3.8) is 0 Å². The number of hydrogen-bond donors (Lipinski definition) is 1. The van der Waals surface area contributed by atoms with Crippen LogP contribution in [0.1, 0.15) is 48.0 Å². The van der Waals surface area contributed by atoms with E-state index in [2.05, 4.69) is 30.4 Å². The summed E-state index contributed by atoms with van der Waals surface area (Å²) in [6.45, 7) is 2.14. The Morgan fingerprint density at radius 2 is 1.79 bits per heavy atom. The van der Waals surface area contributed by atoms with E-state index in [-0.39, 0.29) is 17.9 Å². The van der Waals surface area contributed by atoms with Crippen LogP contribution in [0, 0.1) is 35.0 Å². The van der Waals surface area contributed by atoms with E-state index in [1.807, 2.05) is 18.2 Å². The van der Waals surface area contributed by atoms with E-state index in [1.54, 1.807) is 24.3 Å². The minimum absolute atomic E-state index is 0.0154. The van der Waals surface area contributed by atoms with Gasteiger partial charge in [0.2, 0.25) is 0 Å². The fourth-order valence-electron chi connectivity index (χ4n) is 5.24. The van der Waals surface area contributed by atoms with Crippen LogP contribution in [0.25, 0.3) is 0 Å². The number of rotatable bonds is 6. The first-order valence-electron chi connectivity index (χ1n) is 10.1. The van der Waals surface area contributed by atoms with Crippen LogP contribution < -0.4 is 5.32 Å². The summed E-state index contributed by atoms with van der Waals surface area (Å²) in [6.07, 6.45) is 3.12. The van der Waals surface area contributed by atoms with E-state index in [4.69, 9.17) is 11.6 Å². The van der Waals surface area contributed by atoms with Gasteiger partial charge in [-0.05, 0) is 72.8 Å². The van der Waals surface area contributed by atoms with Crippen molar-refractivity contribution in [2.45, 2.75) is 38.1 Å². The van der Waals surface area contributed by atoms with Gasteiger partial charge < -0.3 is 5.32 Å². The molecule has 144 valence electrons. The van der Waals surface area contributed by atoms with Crippen LogP contribution in [0.5, 0.6) is 0 Å². The summed E-state index contributed by atoms with van der Waals surface area (Å²) in [4.78, 5) is 12.6. The van der Waals surface area contributed by atoms with Gasteiger partial charge in [-0.25, -0.2) is 0 Å². The van der Waals surface area contributed by atoms with Crippen LogP contribution in [0.4, 0.5) is 0 Å². The van der Waals surface area contributed by atoms with Gasteiger partial charge >= 0.3 is 0 Å². The van der Waals surface area contributed by atoms with Crippen molar-refractivity contribution in [2.75, 3.05) is 0 Å². The van der Waals surface area contributed by atoms with Crippen LogP contribution >= 0.6 is 11.6 Å².